The number of Topliss-reactive ketones (excluding diaryl/α,β-unsaturated/α-hetero) is 1. The van der Waals surface area contributed by atoms with Gasteiger partial charge >= 0.3 is 0 Å². The molecule has 0 fully saturated rings. The second-order valence-electron chi connectivity index (χ2n) is 5.94. The van der Waals surface area contributed by atoms with Gasteiger partial charge in [-0.2, -0.15) is 0 Å². The maximum atomic E-state index is 11.9. The Hall–Kier alpha value is -2.19. The van der Waals surface area contributed by atoms with E-state index in [1.807, 2.05) is 18.2 Å². The van der Waals surface area contributed by atoms with E-state index >= 15 is 0 Å². The van der Waals surface area contributed by atoms with Gasteiger partial charge in [0.2, 0.25) is 0 Å². The SMILES string of the molecule is CCc1ccc(CC/C=C/c2ccc3c(c2)C(=O)COC3)cc1. The number of carbonyl (C=O) groups is 1. The molecule has 0 amide bonds. The normalized spacial score (nSPS) is 14.2. The summed E-state index contributed by atoms with van der Waals surface area (Å²) in [7, 11) is 0. The van der Waals surface area contributed by atoms with Gasteiger partial charge in [-0.15, -0.1) is 0 Å². The predicted octanol–water partition coefficient (Wildman–Crippen LogP) is 4.61. The Morgan fingerprint density at radius 1 is 1.04 bits per heavy atom. The molecule has 3 rings (SSSR count). The van der Waals surface area contributed by atoms with Gasteiger partial charge in [0.15, 0.2) is 5.78 Å². The molecule has 0 atom stereocenters. The molecule has 2 aromatic rings. The lowest BCUT2D eigenvalue weighted by molar-refractivity contribution is 0.0665. The van der Waals surface area contributed by atoms with Gasteiger partial charge in [-0.05, 0) is 47.6 Å². The number of hydrogen-bond acceptors (Lipinski definition) is 2. The summed E-state index contributed by atoms with van der Waals surface area (Å²) in [4.78, 5) is 11.9. The number of hydrogen-bond donors (Lipinski definition) is 0. The molecule has 0 bridgehead atoms. The van der Waals surface area contributed by atoms with Crippen molar-refractivity contribution in [2.45, 2.75) is 32.8 Å². The van der Waals surface area contributed by atoms with Crippen LogP contribution in [0.25, 0.3) is 6.08 Å². The fourth-order valence-electron chi connectivity index (χ4n) is 2.83. The smallest absolute Gasteiger partial charge is 0.188 e. The van der Waals surface area contributed by atoms with Crippen LogP contribution in [0.5, 0.6) is 0 Å². The fraction of sp³-hybridized carbons (Fsp3) is 0.286. The average molecular weight is 306 g/mol. The van der Waals surface area contributed by atoms with E-state index in [4.69, 9.17) is 4.74 Å². The molecular weight excluding hydrogens is 284 g/mol. The van der Waals surface area contributed by atoms with Gasteiger partial charge < -0.3 is 4.74 Å². The van der Waals surface area contributed by atoms with Crippen molar-refractivity contribution in [1.82, 2.24) is 0 Å². The van der Waals surface area contributed by atoms with E-state index in [9.17, 15) is 4.79 Å². The molecule has 0 aromatic heterocycles. The molecule has 0 N–H and O–H groups in total. The van der Waals surface area contributed by atoms with Gasteiger partial charge in [-0.25, -0.2) is 0 Å². The maximum absolute atomic E-state index is 11.9. The lowest BCUT2D eigenvalue weighted by atomic mass is 9.99. The molecule has 1 aliphatic rings. The molecule has 1 aliphatic heterocycles. The summed E-state index contributed by atoms with van der Waals surface area (Å²) >= 11 is 0. The second kappa shape index (κ2) is 7.38. The summed E-state index contributed by atoms with van der Waals surface area (Å²) in [5.74, 6) is 0.0810. The Kier molecular flexibility index (Phi) is 5.04. The van der Waals surface area contributed by atoms with Gasteiger partial charge in [0.1, 0.15) is 6.61 Å². The van der Waals surface area contributed by atoms with Crippen LogP contribution in [0.4, 0.5) is 0 Å². The van der Waals surface area contributed by atoms with Crippen molar-refractivity contribution in [1.29, 1.82) is 0 Å². The Morgan fingerprint density at radius 2 is 1.83 bits per heavy atom. The zero-order valence-corrected chi connectivity index (χ0v) is 13.5. The third kappa shape index (κ3) is 3.96. The predicted molar refractivity (Wildman–Crippen MR) is 93.6 cm³/mol. The van der Waals surface area contributed by atoms with Crippen molar-refractivity contribution in [2.75, 3.05) is 6.61 Å². The highest BCUT2D eigenvalue weighted by Crippen LogP contribution is 2.19. The Balaban J connectivity index is 1.59. The van der Waals surface area contributed by atoms with Crippen LogP contribution in [0.15, 0.2) is 48.5 Å². The van der Waals surface area contributed by atoms with Crippen molar-refractivity contribution in [3.63, 3.8) is 0 Å². The van der Waals surface area contributed by atoms with Gasteiger partial charge in [-0.1, -0.05) is 55.5 Å². The third-order valence-corrected chi connectivity index (χ3v) is 4.27. The van der Waals surface area contributed by atoms with Crippen molar-refractivity contribution in [2.24, 2.45) is 0 Å². The monoisotopic (exact) mass is 306 g/mol. The Bertz CT molecular complexity index is 711. The first-order valence-corrected chi connectivity index (χ1v) is 8.24. The topological polar surface area (TPSA) is 26.3 Å². The summed E-state index contributed by atoms with van der Waals surface area (Å²) in [6.45, 7) is 2.92. The largest absolute Gasteiger partial charge is 0.369 e. The first-order valence-electron chi connectivity index (χ1n) is 8.24. The number of fused-ring (bicyclic) bond motifs is 1. The highest BCUT2D eigenvalue weighted by atomic mass is 16.5. The lowest BCUT2D eigenvalue weighted by Crippen LogP contribution is -2.17. The van der Waals surface area contributed by atoms with Gasteiger partial charge in [-0.3, -0.25) is 4.79 Å². The molecule has 1 heterocycles. The number of allylic oxidation sites excluding steroid dienone is 1. The number of benzene rings is 2. The van der Waals surface area contributed by atoms with E-state index in [2.05, 4.69) is 43.3 Å². The van der Waals surface area contributed by atoms with Gasteiger partial charge in [0.05, 0.1) is 6.61 Å². The number of rotatable bonds is 5. The molecular formula is C21H22O2. The second-order valence-corrected chi connectivity index (χ2v) is 5.94. The molecule has 118 valence electrons. The zero-order chi connectivity index (χ0) is 16.1. The van der Waals surface area contributed by atoms with E-state index in [1.165, 1.54) is 11.1 Å². The molecule has 2 aromatic carbocycles. The highest BCUT2D eigenvalue weighted by molar-refractivity contribution is 5.99. The van der Waals surface area contributed by atoms with Crippen LogP contribution < -0.4 is 0 Å². The van der Waals surface area contributed by atoms with Crippen LogP contribution in [-0.2, 0) is 24.2 Å². The molecule has 0 saturated carbocycles. The fourth-order valence-corrected chi connectivity index (χ4v) is 2.83. The summed E-state index contributed by atoms with van der Waals surface area (Å²) in [5.41, 5.74) is 5.64. The standard InChI is InChI=1S/C21H22O2/c1-2-16-7-9-17(10-8-16)5-3-4-6-18-11-12-19-14-23-15-21(22)20(19)13-18/h4,6-13H,2-3,5,14-15H2,1H3/b6-4+. The molecule has 0 spiro atoms. The number of carbonyl (C=O) groups excluding carboxylic acids is 1. The van der Waals surface area contributed by atoms with Crippen molar-refractivity contribution in [3.05, 3.63) is 76.4 Å². The molecule has 23 heavy (non-hydrogen) atoms. The minimum absolute atomic E-state index is 0.0810. The number of ketones is 1. The van der Waals surface area contributed by atoms with Crippen molar-refractivity contribution < 1.29 is 9.53 Å². The number of ether oxygens (including phenoxy) is 1. The average Bonchev–Trinajstić information content (AvgIpc) is 2.60. The maximum Gasteiger partial charge on any atom is 0.188 e. The van der Waals surface area contributed by atoms with Crippen LogP contribution in [0.3, 0.4) is 0 Å². The zero-order valence-electron chi connectivity index (χ0n) is 13.5. The minimum Gasteiger partial charge on any atom is -0.369 e. The van der Waals surface area contributed by atoms with E-state index in [0.717, 1.165) is 36.0 Å². The quantitative estimate of drug-likeness (QED) is 0.806. The first kappa shape index (κ1) is 15.7. The summed E-state index contributed by atoms with van der Waals surface area (Å²) in [6, 6.07) is 14.9. The van der Waals surface area contributed by atoms with Crippen LogP contribution in [0, 0.1) is 0 Å². The van der Waals surface area contributed by atoms with E-state index in [1.54, 1.807) is 0 Å². The Labute approximate surface area is 137 Å². The molecule has 2 heteroatoms. The van der Waals surface area contributed by atoms with Crippen LogP contribution in [0.1, 0.15) is 46.0 Å². The molecule has 0 unspecified atom stereocenters. The summed E-state index contributed by atoms with van der Waals surface area (Å²) in [6.07, 6.45) is 7.41. The van der Waals surface area contributed by atoms with E-state index in [0.29, 0.717) is 6.61 Å². The lowest BCUT2D eigenvalue weighted by Gasteiger charge is -2.15. The highest BCUT2D eigenvalue weighted by Gasteiger charge is 2.17. The Morgan fingerprint density at radius 3 is 2.61 bits per heavy atom. The van der Waals surface area contributed by atoms with Crippen molar-refractivity contribution in [3.8, 4) is 0 Å². The van der Waals surface area contributed by atoms with Crippen LogP contribution >= 0.6 is 0 Å². The molecule has 0 radical (unpaired) electrons. The summed E-state index contributed by atoms with van der Waals surface area (Å²) < 4.78 is 5.24. The molecule has 2 nitrogen and oxygen atoms in total. The molecule has 0 saturated heterocycles. The third-order valence-electron chi connectivity index (χ3n) is 4.27. The number of aryl methyl sites for hydroxylation is 2. The first-order chi connectivity index (χ1) is 11.3. The van der Waals surface area contributed by atoms with E-state index in [-0.39, 0.29) is 12.4 Å². The van der Waals surface area contributed by atoms with E-state index < -0.39 is 0 Å². The van der Waals surface area contributed by atoms with Gasteiger partial charge in [0.25, 0.3) is 0 Å². The minimum atomic E-state index is 0.0810. The van der Waals surface area contributed by atoms with Crippen LogP contribution in [0.2, 0.25) is 0 Å². The van der Waals surface area contributed by atoms with Gasteiger partial charge in [0, 0.05) is 5.56 Å². The summed E-state index contributed by atoms with van der Waals surface area (Å²) in [5, 5.41) is 0. The molecule has 0 aliphatic carbocycles. The van der Waals surface area contributed by atoms with Crippen molar-refractivity contribution >= 4 is 11.9 Å². The van der Waals surface area contributed by atoms with Crippen LogP contribution in [-0.4, -0.2) is 12.4 Å².